The molecule has 0 spiro atoms. The van der Waals surface area contributed by atoms with Gasteiger partial charge in [0.15, 0.2) is 0 Å². The molecule has 15 heavy (non-hydrogen) atoms. The van der Waals surface area contributed by atoms with E-state index in [4.69, 9.17) is 0 Å². The predicted octanol–water partition coefficient (Wildman–Crippen LogP) is 2.58. The third kappa shape index (κ3) is 2.96. The lowest BCUT2D eigenvalue weighted by Gasteiger charge is -2.32. The number of likely N-dealkylation sites (tertiary alicyclic amines) is 1. The average molecular weight is 204 g/mol. The number of likely N-dealkylation sites (N-methyl/N-ethyl adjacent to an activating group) is 1. The molecule has 2 heteroatoms. The van der Waals surface area contributed by atoms with Crippen LogP contribution in [0, 0.1) is 0 Å². The summed E-state index contributed by atoms with van der Waals surface area (Å²) in [6.07, 6.45) is 2.61. The summed E-state index contributed by atoms with van der Waals surface area (Å²) in [6.45, 7) is 5.87. The Labute approximate surface area is 92.3 Å². The molecule has 0 unspecified atom stereocenters. The van der Waals surface area contributed by atoms with Crippen LogP contribution in [-0.2, 0) is 0 Å². The lowest BCUT2D eigenvalue weighted by Crippen LogP contribution is -2.41. The molecule has 1 N–H and O–H groups in total. The van der Waals surface area contributed by atoms with Crippen molar-refractivity contribution in [1.82, 2.24) is 4.90 Å². The maximum Gasteiger partial charge on any atom is 0.0388 e. The molecular formula is C13H20N2. The van der Waals surface area contributed by atoms with E-state index < -0.39 is 0 Å². The number of piperidine rings is 1. The number of anilines is 1. The van der Waals surface area contributed by atoms with Crippen molar-refractivity contribution in [3.05, 3.63) is 30.3 Å². The molecule has 2 rings (SSSR count). The van der Waals surface area contributed by atoms with E-state index in [1.54, 1.807) is 0 Å². The molecule has 0 saturated carbocycles. The van der Waals surface area contributed by atoms with Crippen molar-refractivity contribution in [2.75, 3.05) is 25.0 Å². The Morgan fingerprint density at radius 3 is 2.87 bits per heavy atom. The van der Waals surface area contributed by atoms with Gasteiger partial charge in [0.1, 0.15) is 0 Å². The molecule has 0 aliphatic carbocycles. The molecular weight excluding hydrogens is 184 g/mol. The van der Waals surface area contributed by atoms with E-state index >= 15 is 0 Å². The average Bonchev–Trinajstić information content (AvgIpc) is 2.31. The molecule has 2 nitrogen and oxygen atoms in total. The summed E-state index contributed by atoms with van der Waals surface area (Å²) >= 11 is 0. The summed E-state index contributed by atoms with van der Waals surface area (Å²) in [5.74, 6) is 0. The third-order valence-electron chi connectivity index (χ3n) is 3.10. The summed E-state index contributed by atoms with van der Waals surface area (Å²) in [7, 11) is 0. The lowest BCUT2D eigenvalue weighted by molar-refractivity contribution is 0.227. The van der Waals surface area contributed by atoms with Gasteiger partial charge in [-0.15, -0.1) is 0 Å². The molecule has 0 amide bonds. The molecule has 1 aromatic carbocycles. The van der Waals surface area contributed by atoms with Crippen LogP contribution in [0.5, 0.6) is 0 Å². The minimum absolute atomic E-state index is 0.626. The first kappa shape index (κ1) is 10.5. The molecule has 1 heterocycles. The first-order valence-corrected chi connectivity index (χ1v) is 5.92. The maximum absolute atomic E-state index is 3.60. The second-order valence-electron chi connectivity index (χ2n) is 4.24. The predicted molar refractivity (Wildman–Crippen MR) is 65.2 cm³/mol. The van der Waals surface area contributed by atoms with E-state index in [2.05, 4.69) is 47.5 Å². The number of nitrogens with one attached hydrogen (secondary N) is 1. The second-order valence-corrected chi connectivity index (χ2v) is 4.24. The Balaban J connectivity index is 1.89. The molecule has 1 fully saturated rings. The Hall–Kier alpha value is -1.02. The summed E-state index contributed by atoms with van der Waals surface area (Å²) < 4.78 is 0. The second kappa shape index (κ2) is 5.17. The van der Waals surface area contributed by atoms with Crippen LogP contribution in [0.15, 0.2) is 30.3 Å². The van der Waals surface area contributed by atoms with Gasteiger partial charge in [-0.1, -0.05) is 25.1 Å². The Bertz CT molecular complexity index is 284. The molecule has 1 aliphatic heterocycles. The standard InChI is InChI=1S/C13H20N2/c1-2-15-10-6-9-13(11-15)14-12-7-4-3-5-8-12/h3-5,7-8,13-14H,2,6,9-11H2,1H3/t13-/m1/s1. The zero-order valence-electron chi connectivity index (χ0n) is 9.45. The molecule has 0 radical (unpaired) electrons. The quantitative estimate of drug-likeness (QED) is 0.814. The van der Waals surface area contributed by atoms with Crippen molar-refractivity contribution in [3.63, 3.8) is 0 Å². The molecule has 0 bridgehead atoms. The van der Waals surface area contributed by atoms with Gasteiger partial charge in [0.2, 0.25) is 0 Å². The Morgan fingerprint density at radius 1 is 1.33 bits per heavy atom. The first-order chi connectivity index (χ1) is 7.38. The van der Waals surface area contributed by atoms with E-state index in [1.165, 1.54) is 38.2 Å². The van der Waals surface area contributed by atoms with Crippen LogP contribution < -0.4 is 5.32 Å². The van der Waals surface area contributed by atoms with E-state index in [9.17, 15) is 0 Å². The van der Waals surface area contributed by atoms with Gasteiger partial charge in [-0.05, 0) is 38.1 Å². The molecule has 82 valence electrons. The van der Waals surface area contributed by atoms with E-state index in [-0.39, 0.29) is 0 Å². The number of para-hydroxylation sites is 1. The fraction of sp³-hybridized carbons (Fsp3) is 0.538. The molecule has 1 saturated heterocycles. The van der Waals surface area contributed by atoms with Crippen molar-refractivity contribution in [2.24, 2.45) is 0 Å². The van der Waals surface area contributed by atoms with Crippen molar-refractivity contribution in [3.8, 4) is 0 Å². The normalized spacial score (nSPS) is 22.6. The zero-order chi connectivity index (χ0) is 10.5. The zero-order valence-corrected chi connectivity index (χ0v) is 9.45. The lowest BCUT2D eigenvalue weighted by atomic mass is 10.1. The highest BCUT2D eigenvalue weighted by Crippen LogP contribution is 2.15. The van der Waals surface area contributed by atoms with Gasteiger partial charge < -0.3 is 10.2 Å². The van der Waals surface area contributed by atoms with Crippen LogP contribution in [0.1, 0.15) is 19.8 Å². The SMILES string of the molecule is CCN1CCC[C@@H](Nc2ccccc2)C1. The highest BCUT2D eigenvalue weighted by atomic mass is 15.2. The van der Waals surface area contributed by atoms with Crippen LogP contribution in [0.25, 0.3) is 0 Å². The summed E-state index contributed by atoms with van der Waals surface area (Å²) in [5, 5.41) is 3.60. The molecule has 1 atom stereocenters. The monoisotopic (exact) mass is 204 g/mol. The van der Waals surface area contributed by atoms with Crippen molar-refractivity contribution in [1.29, 1.82) is 0 Å². The van der Waals surface area contributed by atoms with E-state index in [1.807, 2.05) is 0 Å². The third-order valence-corrected chi connectivity index (χ3v) is 3.10. The van der Waals surface area contributed by atoms with E-state index in [0.29, 0.717) is 6.04 Å². The van der Waals surface area contributed by atoms with Gasteiger partial charge in [0.05, 0.1) is 0 Å². The van der Waals surface area contributed by atoms with Gasteiger partial charge in [-0.2, -0.15) is 0 Å². The van der Waals surface area contributed by atoms with Gasteiger partial charge in [0.25, 0.3) is 0 Å². The van der Waals surface area contributed by atoms with Crippen LogP contribution in [0.2, 0.25) is 0 Å². The van der Waals surface area contributed by atoms with Gasteiger partial charge in [0, 0.05) is 18.3 Å². The highest BCUT2D eigenvalue weighted by Gasteiger charge is 2.17. The number of hydrogen-bond acceptors (Lipinski definition) is 2. The maximum atomic E-state index is 3.60. The minimum atomic E-state index is 0.626. The van der Waals surface area contributed by atoms with Crippen molar-refractivity contribution < 1.29 is 0 Å². The number of rotatable bonds is 3. The van der Waals surface area contributed by atoms with Gasteiger partial charge >= 0.3 is 0 Å². The molecule has 1 aromatic rings. The van der Waals surface area contributed by atoms with Gasteiger partial charge in [-0.25, -0.2) is 0 Å². The van der Waals surface area contributed by atoms with Crippen molar-refractivity contribution in [2.45, 2.75) is 25.8 Å². The Morgan fingerprint density at radius 2 is 2.13 bits per heavy atom. The van der Waals surface area contributed by atoms with Crippen LogP contribution in [0.3, 0.4) is 0 Å². The van der Waals surface area contributed by atoms with Crippen LogP contribution >= 0.6 is 0 Å². The first-order valence-electron chi connectivity index (χ1n) is 5.92. The molecule has 1 aliphatic rings. The topological polar surface area (TPSA) is 15.3 Å². The fourth-order valence-corrected chi connectivity index (χ4v) is 2.23. The molecule has 0 aromatic heterocycles. The Kier molecular flexibility index (Phi) is 3.62. The number of nitrogens with zero attached hydrogens (tertiary/aromatic N) is 1. The number of hydrogen-bond donors (Lipinski definition) is 1. The van der Waals surface area contributed by atoms with Crippen molar-refractivity contribution >= 4 is 5.69 Å². The highest BCUT2D eigenvalue weighted by molar-refractivity contribution is 5.43. The van der Waals surface area contributed by atoms with E-state index in [0.717, 1.165) is 0 Å². The fourth-order valence-electron chi connectivity index (χ4n) is 2.23. The number of benzene rings is 1. The largest absolute Gasteiger partial charge is 0.381 e. The summed E-state index contributed by atoms with van der Waals surface area (Å²) in [5.41, 5.74) is 1.25. The summed E-state index contributed by atoms with van der Waals surface area (Å²) in [4.78, 5) is 2.52. The summed E-state index contributed by atoms with van der Waals surface area (Å²) in [6, 6.07) is 11.1. The van der Waals surface area contributed by atoms with Crippen LogP contribution in [-0.4, -0.2) is 30.6 Å². The smallest absolute Gasteiger partial charge is 0.0388 e. The van der Waals surface area contributed by atoms with Crippen LogP contribution in [0.4, 0.5) is 5.69 Å². The van der Waals surface area contributed by atoms with Gasteiger partial charge in [-0.3, -0.25) is 0 Å². The minimum Gasteiger partial charge on any atom is -0.381 e.